The maximum absolute atomic E-state index is 10.7. The molecule has 1 atom stereocenters. The summed E-state index contributed by atoms with van der Waals surface area (Å²) in [6, 6.07) is 0. The first-order valence-corrected chi connectivity index (χ1v) is 7.91. The van der Waals surface area contributed by atoms with Crippen molar-refractivity contribution in [3.8, 4) is 0 Å². The summed E-state index contributed by atoms with van der Waals surface area (Å²) >= 11 is 0. The largest absolute Gasteiger partial charge is 0.481 e. The smallest absolute Gasteiger partial charge is 0.306 e. The maximum Gasteiger partial charge on any atom is 0.306 e. The molecule has 0 radical (unpaired) electrons. The van der Waals surface area contributed by atoms with Gasteiger partial charge in [0.2, 0.25) is 0 Å². The average Bonchev–Trinajstić information content (AvgIpc) is 2.40. The predicted octanol–water partition coefficient (Wildman–Crippen LogP) is 4.42. The third-order valence-electron chi connectivity index (χ3n) is 2.96. The molecule has 0 aliphatic carbocycles. The van der Waals surface area contributed by atoms with E-state index in [1.165, 1.54) is 0 Å². The average molecular weight is 288 g/mol. The third kappa shape index (κ3) is 15.0. The lowest BCUT2D eigenvalue weighted by Crippen LogP contribution is -2.11. The fourth-order valence-corrected chi connectivity index (χ4v) is 1.56. The number of aliphatic carboxylic acids is 1. The topological polar surface area (TPSA) is 63.6 Å². The van der Waals surface area contributed by atoms with Gasteiger partial charge in [0.05, 0.1) is 12.5 Å². The van der Waals surface area contributed by atoms with Crippen LogP contribution in [0.1, 0.15) is 79.1 Å². The molecule has 0 aromatic rings. The van der Waals surface area contributed by atoms with Gasteiger partial charge in [-0.25, -0.2) is 0 Å². The van der Waals surface area contributed by atoms with Crippen molar-refractivity contribution in [3.05, 3.63) is 0 Å². The summed E-state index contributed by atoms with van der Waals surface area (Å²) in [4.78, 5) is 21.1. The molecule has 4 nitrogen and oxygen atoms in total. The number of carbonyl (C=O) groups is 2. The van der Waals surface area contributed by atoms with Crippen molar-refractivity contribution in [1.29, 1.82) is 0 Å². The molecular formula is C16H32O4. The second-order valence-electron chi connectivity index (χ2n) is 4.91. The van der Waals surface area contributed by atoms with E-state index in [0.717, 1.165) is 44.9 Å². The molecule has 0 bridgehead atoms. The van der Waals surface area contributed by atoms with E-state index in [0.29, 0.717) is 13.0 Å². The van der Waals surface area contributed by atoms with Crippen LogP contribution in [0.3, 0.4) is 0 Å². The first-order chi connectivity index (χ1) is 9.53. The standard InChI is InChI=1S/2C8H16O2/c1-3-5-6-7(4-2)8(9)10;1-3-5-7-10-8(9)6-4-2/h7H,3-6H2,1-2H3,(H,9,10);3-7H2,1-2H3. The van der Waals surface area contributed by atoms with Gasteiger partial charge in [0.1, 0.15) is 0 Å². The van der Waals surface area contributed by atoms with Crippen LogP contribution in [0.2, 0.25) is 0 Å². The lowest BCUT2D eigenvalue weighted by Gasteiger charge is -2.06. The monoisotopic (exact) mass is 288 g/mol. The van der Waals surface area contributed by atoms with Crippen LogP contribution in [0.25, 0.3) is 0 Å². The molecule has 0 spiro atoms. The van der Waals surface area contributed by atoms with Gasteiger partial charge >= 0.3 is 11.9 Å². The summed E-state index contributed by atoms with van der Waals surface area (Å²) in [7, 11) is 0. The Balaban J connectivity index is 0. The van der Waals surface area contributed by atoms with Gasteiger partial charge in [-0.15, -0.1) is 0 Å². The molecule has 0 aliphatic rings. The highest BCUT2D eigenvalue weighted by Crippen LogP contribution is 2.11. The molecule has 1 N–H and O–H groups in total. The van der Waals surface area contributed by atoms with Crippen molar-refractivity contribution in [2.75, 3.05) is 6.61 Å². The van der Waals surface area contributed by atoms with Gasteiger partial charge in [-0.2, -0.15) is 0 Å². The van der Waals surface area contributed by atoms with Crippen LogP contribution >= 0.6 is 0 Å². The van der Waals surface area contributed by atoms with Gasteiger partial charge in [-0.1, -0.05) is 47.0 Å². The Kier molecular flexibility index (Phi) is 17.0. The number of carboxylic acid groups (broad SMARTS) is 1. The molecule has 0 aromatic heterocycles. The molecule has 0 saturated carbocycles. The quantitative estimate of drug-likeness (QED) is 0.477. The van der Waals surface area contributed by atoms with Crippen LogP contribution in [0.4, 0.5) is 0 Å². The van der Waals surface area contributed by atoms with Crippen LogP contribution < -0.4 is 0 Å². The van der Waals surface area contributed by atoms with Crippen molar-refractivity contribution >= 4 is 11.9 Å². The van der Waals surface area contributed by atoms with E-state index in [4.69, 9.17) is 9.84 Å². The van der Waals surface area contributed by atoms with Crippen LogP contribution in [0.5, 0.6) is 0 Å². The zero-order valence-corrected chi connectivity index (χ0v) is 13.6. The summed E-state index contributed by atoms with van der Waals surface area (Å²) in [5, 5.41) is 8.60. The number of hydrogen-bond acceptors (Lipinski definition) is 3. The van der Waals surface area contributed by atoms with E-state index < -0.39 is 5.97 Å². The number of esters is 1. The molecule has 0 aliphatic heterocycles. The minimum Gasteiger partial charge on any atom is -0.481 e. The normalized spacial score (nSPS) is 11.2. The van der Waals surface area contributed by atoms with Crippen molar-refractivity contribution < 1.29 is 19.4 Å². The Hall–Kier alpha value is -1.06. The summed E-state index contributed by atoms with van der Waals surface area (Å²) in [6.45, 7) is 8.65. The number of carboxylic acids is 1. The van der Waals surface area contributed by atoms with Gasteiger partial charge in [-0.05, 0) is 25.7 Å². The first-order valence-electron chi connectivity index (χ1n) is 7.91. The zero-order valence-electron chi connectivity index (χ0n) is 13.6. The Morgan fingerprint density at radius 1 is 1.00 bits per heavy atom. The van der Waals surface area contributed by atoms with Crippen molar-refractivity contribution in [3.63, 3.8) is 0 Å². The van der Waals surface area contributed by atoms with Gasteiger partial charge in [0.25, 0.3) is 0 Å². The van der Waals surface area contributed by atoms with Crippen LogP contribution in [0.15, 0.2) is 0 Å². The highest BCUT2D eigenvalue weighted by atomic mass is 16.5. The Labute approximate surface area is 123 Å². The Bertz CT molecular complexity index is 237. The molecule has 0 amide bonds. The van der Waals surface area contributed by atoms with Gasteiger partial charge in [0.15, 0.2) is 0 Å². The zero-order chi connectivity index (χ0) is 15.8. The second-order valence-corrected chi connectivity index (χ2v) is 4.91. The van der Waals surface area contributed by atoms with Gasteiger partial charge < -0.3 is 9.84 Å². The first kappa shape index (κ1) is 21.2. The van der Waals surface area contributed by atoms with E-state index in [9.17, 15) is 9.59 Å². The molecule has 1 unspecified atom stereocenters. The molecule has 0 heterocycles. The van der Waals surface area contributed by atoms with Gasteiger partial charge in [0, 0.05) is 6.42 Å². The molecule has 0 aromatic carbocycles. The number of ether oxygens (including phenoxy) is 1. The van der Waals surface area contributed by atoms with E-state index in [-0.39, 0.29) is 11.9 Å². The van der Waals surface area contributed by atoms with E-state index >= 15 is 0 Å². The van der Waals surface area contributed by atoms with Gasteiger partial charge in [-0.3, -0.25) is 9.59 Å². The lowest BCUT2D eigenvalue weighted by molar-refractivity contribution is -0.144. The highest BCUT2D eigenvalue weighted by Gasteiger charge is 2.12. The summed E-state index contributed by atoms with van der Waals surface area (Å²) < 4.78 is 4.88. The molecule has 0 saturated heterocycles. The number of carbonyl (C=O) groups excluding carboxylic acids is 1. The third-order valence-corrected chi connectivity index (χ3v) is 2.96. The lowest BCUT2D eigenvalue weighted by atomic mass is 10.00. The fourth-order valence-electron chi connectivity index (χ4n) is 1.56. The molecular weight excluding hydrogens is 256 g/mol. The summed E-state index contributed by atoms with van der Waals surface area (Å²) in [5.41, 5.74) is 0. The molecule has 0 rings (SSSR count). The van der Waals surface area contributed by atoms with Crippen molar-refractivity contribution in [1.82, 2.24) is 0 Å². The van der Waals surface area contributed by atoms with Crippen molar-refractivity contribution in [2.45, 2.75) is 79.1 Å². The van der Waals surface area contributed by atoms with Crippen LogP contribution in [0, 0.1) is 5.92 Å². The fraction of sp³-hybridized carbons (Fsp3) is 0.875. The minimum atomic E-state index is -0.643. The SMILES string of the molecule is CCCCC(CC)C(=O)O.CCCCOC(=O)CCC. The molecule has 20 heavy (non-hydrogen) atoms. The van der Waals surface area contributed by atoms with E-state index in [1.54, 1.807) is 0 Å². The predicted molar refractivity (Wildman–Crippen MR) is 81.7 cm³/mol. The second kappa shape index (κ2) is 16.0. The van der Waals surface area contributed by atoms with E-state index in [1.807, 2.05) is 13.8 Å². The summed E-state index contributed by atoms with van der Waals surface area (Å²) in [6.07, 6.45) is 7.22. The molecule has 120 valence electrons. The number of unbranched alkanes of at least 4 members (excludes halogenated alkanes) is 2. The molecule has 0 fully saturated rings. The highest BCUT2D eigenvalue weighted by molar-refractivity contribution is 5.69. The molecule has 4 heteroatoms. The van der Waals surface area contributed by atoms with Crippen LogP contribution in [-0.4, -0.2) is 23.7 Å². The Morgan fingerprint density at radius 3 is 2.00 bits per heavy atom. The number of hydrogen-bond donors (Lipinski definition) is 1. The van der Waals surface area contributed by atoms with E-state index in [2.05, 4.69) is 13.8 Å². The van der Waals surface area contributed by atoms with Crippen LogP contribution in [-0.2, 0) is 14.3 Å². The Morgan fingerprint density at radius 2 is 1.60 bits per heavy atom. The number of rotatable bonds is 10. The summed E-state index contributed by atoms with van der Waals surface area (Å²) in [5.74, 6) is -0.813. The van der Waals surface area contributed by atoms with Crippen molar-refractivity contribution in [2.24, 2.45) is 5.92 Å². The minimum absolute atomic E-state index is 0.0593. The maximum atomic E-state index is 10.7.